The molecule has 2 aromatic carbocycles. The highest BCUT2D eigenvalue weighted by atomic mass is 16.5. The zero-order valence-corrected chi connectivity index (χ0v) is 19.1. The number of rotatable bonds is 2. The third-order valence-corrected chi connectivity index (χ3v) is 7.06. The minimum Gasteiger partial charge on any atom is -0.486 e. The number of ether oxygens (including phenoxy) is 1. The van der Waals surface area contributed by atoms with Crippen LogP contribution in [0.2, 0.25) is 0 Å². The van der Waals surface area contributed by atoms with E-state index in [4.69, 9.17) is 4.74 Å². The molecule has 2 aliphatic heterocycles. The topological polar surface area (TPSA) is 64.4 Å². The molecule has 0 N–H and O–H groups in total. The number of amides is 1. The number of aromatic nitrogens is 2. The molecular weight excluding hydrogens is 402 g/mol. The lowest BCUT2D eigenvalue weighted by Crippen LogP contribution is -2.52. The molecule has 0 radical (unpaired) electrons. The zero-order chi connectivity index (χ0) is 22.6. The summed E-state index contributed by atoms with van der Waals surface area (Å²) in [7, 11) is 0. The molecule has 6 nitrogen and oxygen atoms in total. The Morgan fingerprint density at radius 3 is 2.56 bits per heavy atom. The Bertz CT molecular complexity index is 1230. The van der Waals surface area contributed by atoms with E-state index >= 15 is 0 Å². The summed E-state index contributed by atoms with van der Waals surface area (Å²) in [5.74, 6) is 0.819. The summed E-state index contributed by atoms with van der Waals surface area (Å²) in [5, 5.41) is 0. The van der Waals surface area contributed by atoms with E-state index in [1.807, 2.05) is 49.1 Å². The number of aryl methyl sites for hydroxylation is 2. The fraction of sp³-hybridized carbons (Fsp3) is 0.423. The number of para-hydroxylation sites is 1. The van der Waals surface area contributed by atoms with Crippen LogP contribution in [0.15, 0.2) is 36.7 Å². The monoisotopic (exact) mass is 431 g/mol. The molecule has 6 heteroatoms. The van der Waals surface area contributed by atoms with E-state index in [9.17, 15) is 9.59 Å². The molecule has 0 unspecified atom stereocenters. The molecule has 0 atom stereocenters. The number of fused-ring (bicyclic) bond motifs is 2. The SMILES string of the molecule is Cc1cc2c(cc1C)C(=O)CC1(CCN(C(=O)c3cccc4c3ncn4C(C)C)CC1)O2. The molecule has 0 aliphatic carbocycles. The second-order valence-electron chi connectivity index (χ2n) is 9.53. The quantitative estimate of drug-likeness (QED) is 0.580. The maximum atomic E-state index is 13.4. The maximum Gasteiger partial charge on any atom is 0.256 e. The van der Waals surface area contributed by atoms with Crippen molar-refractivity contribution in [2.45, 2.75) is 58.6 Å². The van der Waals surface area contributed by atoms with Crippen LogP contribution in [0.3, 0.4) is 0 Å². The van der Waals surface area contributed by atoms with E-state index in [2.05, 4.69) is 23.4 Å². The highest BCUT2D eigenvalue weighted by Crippen LogP contribution is 2.40. The Morgan fingerprint density at radius 1 is 1.12 bits per heavy atom. The van der Waals surface area contributed by atoms with E-state index < -0.39 is 5.60 Å². The second-order valence-corrected chi connectivity index (χ2v) is 9.53. The van der Waals surface area contributed by atoms with Crippen LogP contribution in [0.5, 0.6) is 5.75 Å². The lowest BCUT2D eigenvalue weighted by Gasteiger charge is -2.44. The van der Waals surface area contributed by atoms with Gasteiger partial charge in [-0.25, -0.2) is 4.98 Å². The lowest BCUT2D eigenvalue weighted by atomic mass is 9.81. The van der Waals surface area contributed by atoms with Gasteiger partial charge in [-0.3, -0.25) is 9.59 Å². The van der Waals surface area contributed by atoms with Crippen molar-refractivity contribution in [2.75, 3.05) is 13.1 Å². The van der Waals surface area contributed by atoms with Crippen molar-refractivity contribution >= 4 is 22.7 Å². The van der Waals surface area contributed by atoms with Crippen LogP contribution in [-0.2, 0) is 0 Å². The van der Waals surface area contributed by atoms with Gasteiger partial charge in [0, 0.05) is 32.0 Å². The van der Waals surface area contributed by atoms with E-state index in [1.165, 1.54) is 0 Å². The minimum absolute atomic E-state index is 0.00605. The summed E-state index contributed by atoms with van der Waals surface area (Å²) < 4.78 is 8.51. The Balaban J connectivity index is 1.36. The molecule has 3 aromatic rings. The molecule has 0 saturated carbocycles. The number of carbonyl (C=O) groups excluding carboxylic acids is 2. The number of Topliss-reactive ketones (excluding diaryl/α,β-unsaturated/α-hetero) is 1. The third kappa shape index (κ3) is 3.29. The molecule has 166 valence electrons. The standard InChI is InChI=1S/C26H29N3O3/c1-16(2)29-15-27-24-19(6-5-7-21(24)29)25(31)28-10-8-26(9-11-28)14-22(30)20-12-17(3)18(4)13-23(20)32-26/h5-7,12-13,15-16H,8-11,14H2,1-4H3. The van der Waals surface area contributed by atoms with Crippen LogP contribution in [0.1, 0.15) is 71.0 Å². The van der Waals surface area contributed by atoms with E-state index in [0.29, 0.717) is 49.2 Å². The molecule has 1 fully saturated rings. The number of nitrogens with zero attached hydrogens (tertiary/aromatic N) is 3. The molecule has 0 bridgehead atoms. The number of imidazole rings is 1. The molecule has 2 aliphatic rings. The van der Waals surface area contributed by atoms with E-state index in [0.717, 1.165) is 22.2 Å². The summed E-state index contributed by atoms with van der Waals surface area (Å²) >= 11 is 0. The van der Waals surface area contributed by atoms with Gasteiger partial charge in [0.05, 0.1) is 29.4 Å². The number of ketones is 1. The first-order valence-corrected chi connectivity index (χ1v) is 11.4. The molecule has 32 heavy (non-hydrogen) atoms. The molecule has 1 saturated heterocycles. The third-order valence-electron chi connectivity index (χ3n) is 7.06. The second kappa shape index (κ2) is 7.47. The summed E-state index contributed by atoms with van der Waals surface area (Å²) in [4.78, 5) is 32.7. The summed E-state index contributed by atoms with van der Waals surface area (Å²) in [6.07, 6.45) is 3.47. The van der Waals surface area contributed by atoms with Crippen LogP contribution < -0.4 is 4.74 Å². The molecular formula is C26H29N3O3. The first-order chi connectivity index (χ1) is 15.3. The first-order valence-electron chi connectivity index (χ1n) is 11.4. The van der Waals surface area contributed by atoms with Gasteiger partial charge in [0.15, 0.2) is 5.78 Å². The van der Waals surface area contributed by atoms with Crippen molar-refractivity contribution in [3.63, 3.8) is 0 Å². The van der Waals surface area contributed by atoms with Crippen molar-refractivity contribution in [2.24, 2.45) is 0 Å². The summed E-state index contributed by atoms with van der Waals surface area (Å²) in [6, 6.07) is 9.98. The fourth-order valence-electron chi connectivity index (χ4n) is 4.96. The predicted molar refractivity (Wildman–Crippen MR) is 123 cm³/mol. The van der Waals surface area contributed by atoms with Crippen molar-refractivity contribution in [1.82, 2.24) is 14.5 Å². The van der Waals surface area contributed by atoms with Crippen molar-refractivity contribution < 1.29 is 14.3 Å². The Hall–Kier alpha value is -3.15. The van der Waals surface area contributed by atoms with Gasteiger partial charge in [-0.15, -0.1) is 0 Å². The van der Waals surface area contributed by atoms with Crippen LogP contribution in [0, 0.1) is 13.8 Å². The van der Waals surface area contributed by atoms with Gasteiger partial charge in [0.2, 0.25) is 0 Å². The average molecular weight is 432 g/mol. The lowest BCUT2D eigenvalue weighted by molar-refractivity contribution is -0.00570. The summed E-state index contributed by atoms with van der Waals surface area (Å²) in [5.41, 5.74) is 4.74. The Kier molecular flexibility index (Phi) is 4.84. The molecule has 3 heterocycles. The summed E-state index contributed by atoms with van der Waals surface area (Å²) in [6.45, 7) is 9.38. The average Bonchev–Trinajstić information content (AvgIpc) is 3.20. The van der Waals surface area contributed by atoms with Crippen molar-refractivity contribution in [3.05, 3.63) is 58.9 Å². The van der Waals surface area contributed by atoms with E-state index in [1.54, 1.807) is 6.33 Å². The highest BCUT2D eigenvalue weighted by molar-refractivity contribution is 6.05. The number of hydrogen-bond donors (Lipinski definition) is 0. The number of benzene rings is 2. The van der Waals surface area contributed by atoms with Crippen LogP contribution in [-0.4, -0.2) is 44.8 Å². The highest BCUT2D eigenvalue weighted by Gasteiger charge is 2.44. The van der Waals surface area contributed by atoms with Gasteiger partial charge in [-0.2, -0.15) is 0 Å². The zero-order valence-electron chi connectivity index (χ0n) is 19.1. The number of carbonyl (C=O) groups is 2. The first kappa shape index (κ1) is 20.7. The van der Waals surface area contributed by atoms with Gasteiger partial charge in [0.25, 0.3) is 5.91 Å². The van der Waals surface area contributed by atoms with Gasteiger partial charge in [-0.05, 0) is 63.1 Å². The normalized spacial score (nSPS) is 17.7. The predicted octanol–water partition coefficient (Wildman–Crippen LogP) is 4.87. The molecule has 1 amide bonds. The van der Waals surface area contributed by atoms with Crippen LogP contribution in [0.4, 0.5) is 0 Å². The van der Waals surface area contributed by atoms with Gasteiger partial charge in [0.1, 0.15) is 16.9 Å². The van der Waals surface area contributed by atoms with Crippen LogP contribution >= 0.6 is 0 Å². The number of hydrogen-bond acceptors (Lipinski definition) is 4. The number of likely N-dealkylation sites (tertiary alicyclic amines) is 1. The van der Waals surface area contributed by atoms with Crippen molar-refractivity contribution in [1.29, 1.82) is 0 Å². The Morgan fingerprint density at radius 2 is 1.84 bits per heavy atom. The fourth-order valence-corrected chi connectivity index (χ4v) is 4.96. The Labute approximate surface area is 188 Å². The molecule has 1 aromatic heterocycles. The van der Waals surface area contributed by atoms with Gasteiger partial charge < -0.3 is 14.2 Å². The van der Waals surface area contributed by atoms with Crippen molar-refractivity contribution in [3.8, 4) is 5.75 Å². The van der Waals surface area contributed by atoms with Gasteiger partial charge in [-0.1, -0.05) is 6.07 Å². The van der Waals surface area contributed by atoms with Gasteiger partial charge >= 0.3 is 0 Å². The molecule has 5 rings (SSSR count). The molecule has 1 spiro atoms. The minimum atomic E-state index is -0.520. The smallest absolute Gasteiger partial charge is 0.256 e. The number of piperidine rings is 1. The van der Waals surface area contributed by atoms with E-state index in [-0.39, 0.29) is 17.7 Å². The van der Waals surface area contributed by atoms with Crippen LogP contribution in [0.25, 0.3) is 11.0 Å². The largest absolute Gasteiger partial charge is 0.486 e. The maximum absolute atomic E-state index is 13.4.